The van der Waals surface area contributed by atoms with Crippen LogP contribution in [0.15, 0.2) is 0 Å². The lowest BCUT2D eigenvalue weighted by Crippen LogP contribution is -2.47. The number of likely N-dealkylation sites (tertiary alicyclic amines) is 1. The van der Waals surface area contributed by atoms with E-state index in [9.17, 15) is 5.11 Å². The highest BCUT2D eigenvalue weighted by atomic mass is 16.3. The molecule has 0 bridgehead atoms. The van der Waals surface area contributed by atoms with Crippen molar-refractivity contribution in [3.63, 3.8) is 0 Å². The Morgan fingerprint density at radius 2 is 2.08 bits per heavy atom. The third-order valence-corrected chi connectivity index (χ3v) is 3.58. The molecule has 3 unspecified atom stereocenters. The van der Waals surface area contributed by atoms with Crippen LogP contribution in [0.5, 0.6) is 0 Å². The zero-order valence-electron chi connectivity index (χ0n) is 7.87. The first-order valence-electron chi connectivity index (χ1n) is 5.15. The molecule has 2 heteroatoms. The van der Waals surface area contributed by atoms with E-state index in [1.807, 2.05) is 0 Å². The third kappa shape index (κ3) is 1.50. The first kappa shape index (κ1) is 8.52. The second-order valence-corrected chi connectivity index (χ2v) is 4.42. The lowest BCUT2D eigenvalue weighted by molar-refractivity contribution is 0.0147. The summed E-state index contributed by atoms with van der Waals surface area (Å²) in [5.41, 5.74) is 0. The molecule has 2 fully saturated rings. The summed E-state index contributed by atoms with van der Waals surface area (Å²) in [6.45, 7) is 1.23. The van der Waals surface area contributed by atoms with Crippen LogP contribution in [0, 0.1) is 5.92 Å². The molecule has 0 aromatic heterocycles. The van der Waals surface area contributed by atoms with Gasteiger partial charge in [-0.15, -0.1) is 0 Å². The molecule has 1 saturated carbocycles. The summed E-state index contributed by atoms with van der Waals surface area (Å²) < 4.78 is 0. The minimum atomic E-state index is -0.0215. The topological polar surface area (TPSA) is 23.5 Å². The van der Waals surface area contributed by atoms with Crippen molar-refractivity contribution < 1.29 is 5.11 Å². The Labute approximate surface area is 74.6 Å². The Kier molecular flexibility index (Phi) is 2.37. The standard InChI is InChI=1S/C10H19NO/c1-11-6-2-3-8-4-5-9(12)7-10(8)11/h8-10,12H,2-7H2,1H3. The Morgan fingerprint density at radius 3 is 2.92 bits per heavy atom. The van der Waals surface area contributed by atoms with Gasteiger partial charge in [0, 0.05) is 6.04 Å². The summed E-state index contributed by atoms with van der Waals surface area (Å²) >= 11 is 0. The van der Waals surface area contributed by atoms with E-state index in [2.05, 4.69) is 11.9 Å². The minimum Gasteiger partial charge on any atom is -0.393 e. The van der Waals surface area contributed by atoms with E-state index >= 15 is 0 Å². The van der Waals surface area contributed by atoms with Gasteiger partial charge in [0.2, 0.25) is 0 Å². The molecule has 1 aliphatic heterocycles. The molecular weight excluding hydrogens is 150 g/mol. The molecule has 1 aliphatic carbocycles. The van der Waals surface area contributed by atoms with Gasteiger partial charge in [0.25, 0.3) is 0 Å². The maximum Gasteiger partial charge on any atom is 0.0555 e. The molecule has 2 nitrogen and oxygen atoms in total. The molecule has 70 valence electrons. The van der Waals surface area contributed by atoms with Gasteiger partial charge in [-0.2, -0.15) is 0 Å². The molecule has 0 spiro atoms. The van der Waals surface area contributed by atoms with Crippen LogP contribution in [-0.2, 0) is 0 Å². The number of piperidine rings is 1. The van der Waals surface area contributed by atoms with Crippen molar-refractivity contribution in [2.24, 2.45) is 5.92 Å². The van der Waals surface area contributed by atoms with E-state index in [0.29, 0.717) is 6.04 Å². The highest BCUT2D eigenvalue weighted by Gasteiger charge is 2.34. The second kappa shape index (κ2) is 3.35. The van der Waals surface area contributed by atoms with Gasteiger partial charge in [-0.3, -0.25) is 0 Å². The average Bonchev–Trinajstić information content (AvgIpc) is 2.07. The Morgan fingerprint density at radius 1 is 1.25 bits per heavy atom. The smallest absolute Gasteiger partial charge is 0.0555 e. The van der Waals surface area contributed by atoms with Crippen molar-refractivity contribution in [2.75, 3.05) is 13.6 Å². The van der Waals surface area contributed by atoms with Crippen LogP contribution in [0.4, 0.5) is 0 Å². The number of nitrogens with zero attached hydrogens (tertiary/aromatic N) is 1. The molecule has 12 heavy (non-hydrogen) atoms. The Hall–Kier alpha value is -0.0800. The zero-order chi connectivity index (χ0) is 8.55. The maximum absolute atomic E-state index is 9.54. The maximum atomic E-state index is 9.54. The van der Waals surface area contributed by atoms with Crippen LogP contribution in [0.1, 0.15) is 32.1 Å². The molecule has 0 aromatic rings. The molecule has 0 amide bonds. The summed E-state index contributed by atoms with van der Waals surface area (Å²) in [5, 5.41) is 9.54. The first-order chi connectivity index (χ1) is 5.77. The van der Waals surface area contributed by atoms with Gasteiger partial charge in [0.1, 0.15) is 0 Å². The summed E-state index contributed by atoms with van der Waals surface area (Å²) in [5.74, 6) is 0.882. The largest absolute Gasteiger partial charge is 0.393 e. The molecule has 1 N–H and O–H groups in total. The number of fused-ring (bicyclic) bond motifs is 1. The van der Waals surface area contributed by atoms with Gasteiger partial charge in [0.15, 0.2) is 0 Å². The first-order valence-corrected chi connectivity index (χ1v) is 5.15. The monoisotopic (exact) mass is 169 g/mol. The predicted octanol–water partition coefficient (Wildman–Crippen LogP) is 1.24. The lowest BCUT2D eigenvalue weighted by atomic mass is 9.77. The van der Waals surface area contributed by atoms with Crippen LogP contribution in [0.2, 0.25) is 0 Å². The van der Waals surface area contributed by atoms with Gasteiger partial charge in [-0.1, -0.05) is 0 Å². The van der Waals surface area contributed by atoms with E-state index in [4.69, 9.17) is 0 Å². The molecule has 2 aliphatic rings. The third-order valence-electron chi connectivity index (χ3n) is 3.58. The Balaban J connectivity index is 2.00. The second-order valence-electron chi connectivity index (χ2n) is 4.42. The van der Waals surface area contributed by atoms with Gasteiger partial charge < -0.3 is 10.0 Å². The summed E-state index contributed by atoms with van der Waals surface area (Å²) in [4.78, 5) is 2.44. The van der Waals surface area contributed by atoms with Crippen LogP contribution in [0.25, 0.3) is 0 Å². The summed E-state index contributed by atoms with van der Waals surface area (Å²) in [7, 11) is 2.20. The predicted molar refractivity (Wildman–Crippen MR) is 49.0 cm³/mol. The van der Waals surface area contributed by atoms with E-state index in [0.717, 1.165) is 18.8 Å². The highest BCUT2D eigenvalue weighted by Crippen LogP contribution is 2.34. The van der Waals surface area contributed by atoms with Crippen molar-refractivity contribution in [2.45, 2.75) is 44.2 Å². The number of rotatable bonds is 0. The van der Waals surface area contributed by atoms with Gasteiger partial charge in [-0.25, -0.2) is 0 Å². The molecule has 1 heterocycles. The van der Waals surface area contributed by atoms with Crippen LogP contribution >= 0.6 is 0 Å². The normalized spacial score (nSPS) is 44.0. The van der Waals surface area contributed by atoms with Gasteiger partial charge >= 0.3 is 0 Å². The molecule has 2 rings (SSSR count). The Bertz CT molecular complexity index is 160. The molecular formula is C10H19NO. The fraction of sp³-hybridized carbons (Fsp3) is 1.00. The van der Waals surface area contributed by atoms with Crippen LogP contribution < -0.4 is 0 Å². The van der Waals surface area contributed by atoms with E-state index in [1.165, 1.54) is 25.8 Å². The van der Waals surface area contributed by atoms with Crippen molar-refractivity contribution in [3.8, 4) is 0 Å². The average molecular weight is 169 g/mol. The number of hydrogen-bond donors (Lipinski definition) is 1. The van der Waals surface area contributed by atoms with Gasteiger partial charge in [0.05, 0.1) is 6.10 Å². The quantitative estimate of drug-likeness (QED) is 0.590. The van der Waals surface area contributed by atoms with Crippen molar-refractivity contribution in [1.29, 1.82) is 0 Å². The summed E-state index contributed by atoms with van der Waals surface area (Å²) in [6.07, 6.45) is 6.02. The van der Waals surface area contributed by atoms with Crippen molar-refractivity contribution >= 4 is 0 Å². The fourth-order valence-corrected chi connectivity index (χ4v) is 2.83. The number of aliphatic hydroxyl groups excluding tert-OH is 1. The van der Waals surface area contributed by atoms with E-state index in [1.54, 1.807) is 0 Å². The highest BCUT2D eigenvalue weighted by molar-refractivity contribution is 4.88. The van der Waals surface area contributed by atoms with Crippen LogP contribution in [-0.4, -0.2) is 35.7 Å². The molecule has 0 aromatic carbocycles. The van der Waals surface area contributed by atoms with Crippen LogP contribution in [0.3, 0.4) is 0 Å². The molecule has 0 radical (unpaired) electrons. The van der Waals surface area contributed by atoms with Crippen molar-refractivity contribution in [3.05, 3.63) is 0 Å². The molecule has 1 saturated heterocycles. The SMILES string of the molecule is CN1CCCC2CCC(O)CC21. The number of hydrogen-bond acceptors (Lipinski definition) is 2. The van der Waals surface area contributed by atoms with Gasteiger partial charge in [-0.05, 0) is 51.6 Å². The van der Waals surface area contributed by atoms with Crippen molar-refractivity contribution in [1.82, 2.24) is 4.90 Å². The van der Waals surface area contributed by atoms with E-state index in [-0.39, 0.29) is 6.10 Å². The minimum absolute atomic E-state index is 0.0215. The van der Waals surface area contributed by atoms with E-state index < -0.39 is 0 Å². The lowest BCUT2D eigenvalue weighted by Gasteiger charge is -2.43. The zero-order valence-corrected chi connectivity index (χ0v) is 7.87. The number of aliphatic hydroxyl groups is 1. The fourth-order valence-electron chi connectivity index (χ4n) is 2.83. The molecule has 3 atom stereocenters. The summed E-state index contributed by atoms with van der Waals surface area (Å²) in [6, 6.07) is 0.683.